The van der Waals surface area contributed by atoms with Crippen molar-refractivity contribution in [2.75, 3.05) is 0 Å². The lowest BCUT2D eigenvalue weighted by Gasteiger charge is -2.26. The van der Waals surface area contributed by atoms with Crippen LogP contribution in [0.15, 0.2) is 16.6 Å². The Hall–Kier alpha value is -0.900. The minimum absolute atomic E-state index is 0.0266. The molecule has 80 valence electrons. The van der Waals surface area contributed by atoms with Crippen LogP contribution in [0, 0.1) is 5.82 Å². The Morgan fingerprint density at radius 2 is 2.20 bits per heavy atom. The highest BCUT2D eigenvalue weighted by atomic mass is 79.9. The molecule has 15 heavy (non-hydrogen) atoms. The number of carbonyl (C=O) groups excluding carboxylic acids is 1. The molecule has 1 aromatic rings. The zero-order valence-corrected chi connectivity index (χ0v) is 9.59. The van der Waals surface area contributed by atoms with Gasteiger partial charge in [0.25, 0.3) is 0 Å². The number of aldehydes is 1. The summed E-state index contributed by atoms with van der Waals surface area (Å²) in [6, 6.07) is 2.99. The van der Waals surface area contributed by atoms with E-state index in [1.807, 2.05) is 0 Å². The van der Waals surface area contributed by atoms with Crippen molar-refractivity contribution in [1.29, 1.82) is 0 Å². The maximum atomic E-state index is 13.3. The van der Waals surface area contributed by atoms with Crippen LogP contribution >= 0.6 is 15.9 Å². The molecule has 0 aromatic heterocycles. The minimum atomic E-state index is -0.536. The van der Waals surface area contributed by atoms with Crippen LogP contribution in [0.3, 0.4) is 0 Å². The molecular formula is C11H10BrFO2. The summed E-state index contributed by atoms with van der Waals surface area (Å²) < 4.78 is 19.1. The van der Waals surface area contributed by atoms with Gasteiger partial charge in [-0.25, -0.2) is 4.39 Å². The lowest BCUT2D eigenvalue weighted by atomic mass is 9.96. The van der Waals surface area contributed by atoms with Gasteiger partial charge in [0, 0.05) is 0 Å². The highest BCUT2D eigenvalue weighted by Gasteiger charge is 2.20. The molecule has 2 rings (SSSR count). The first-order valence-electron chi connectivity index (χ1n) is 4.81. The van der Waals surface area contributed by atoms with Crippen LogP contribution < -0.4 is 4.74 Å². The lowest BCUT2D eigenvalue weighted by molar-refractivity contribution is 0.111. The molecule has 1 aromatic carbocycles. The van der Waals surface area contributed by atoms with Gasteiger partial charge in [0.2, 0.25) is 0 Å². The number of carbonyl (C=O) groups is 1. The molecule has 0 atom stereocenters. The molecule has 0 spiro atoms. The molecule has 1 saturated carbocycles. The molecule has 1 aliphatic rings. The summed E-state index contributed by atoms with van der Waals surface area (Å²) in [5, 5.41) is 0. The first-order valence-corrected chi connectivity index (χ1v) is 5.61. The average Bonchev–Trinajstić information content (AvgIpc) is 2.16. The number of halogens is 2. The molecule has 1 aliphatic carbocycles. The van der Waals surface area contributed by atoms with Crippen molar-refractivity contribution >= 4 is 22.2 Å². The second-order valence-corrected chi connectivity index (χ2v) is 4.45. The summed E-state index contributed by atoms with van der Waals surface area (Å²) >= 11 is 3.05. The Labute approximate surface area is 95.6 Å². The summed E-state index contributed by atoms with van der Waals surface area (Å²) in [6.45, 7) is 0. The highest BCUT2D eigenvalue weighted by Crippen LogP contribution is 2.29. The van der Waals surface area contributed by atoms with Gasteiger partial charge in [0.05, 0.1) is 16.1 Å². The van der Waals surface area contributed by atoms with Crippen molar-refractivity contribution < 1.29 is 13.9 Å². The molecule has 0 unspecified atom stereocenters. The van der Waals surface area contributed by atoms with Gasteiger partial charge in [0.1, 0.15) is 11.6 Å². The fourth-order valence-corrected chi connectivity index (χ4v) is 1.87. The van der Waals surface area contributed by atoms with Crippen molar-refractivity contribution in [1.82, 2.24) is 0 Å². The molecule has 0 amide bonds. The first kappa shape index (κ1) is 10.6. The molecule has 4 heteroatoms. The largest absolute Gasteiger partial charge is 0.490 e. The summed E-state index contributed by atoms with van der Waals surface area (Å²) in [7, 11) is 0. The van der Waals surface area contributed by atoms with Crippen molar-refractivity contribution in [3.8, 4) is 5.75 Å². The maximum Gasteiger partial charge on any atom is 0.153 e. The molecule has 1 fully saturated rings. The third-order valence-corrected chi connectivity index (χ3v) is 3.09. The Bertz CT molecular complexity index is 388. The molecule has 0 radical (unpaired) electrons. The fourth-order valence-electron chi connectivity index (χ4n) is 1.42. The maximum absolute atomic E-state index is 13.3. The highest BCUT2D eigenvalue weighted by molar-refractivity contribution is 9.10. The second-order valence-electron chi connectivity index (χ2n) is 3.60. The van der Waals surface area contributed by atoms with Crippen LogP contribution in [0.5, 0.6) is 5.75 Å². The topological polar surface area (TPSA) is 26.3 Å². The normalized spacial score (nSPS) is 15.9. The molecule has 0 bridgehead atoms. The summed E-state index contributed by atoms with van der Waals surface area (Å²) in [6.07, 6.45) is 3.96. The van der Waals surface area contributed by atoms with Crippen molar-refractivity contribution in [2.45, 2.75) is 25.4 Å². The van der Waals surface area contributed by atoms with E-state index in [-0.39, 0.29) is 16.1 Å². The number of benzene rings is 1. The van der Waals surface area contributed by atoms with E-state index in [0.717, 1.165) is 12.8 Å². The van der Waals surface area contributed by atoms with Crippen LogP contribution in [-0.4, -0.2) is 12.4 Å². The van der Waals surface area contributed by atoms with Crippen LogP contribution in [0.25, 0.3) is 0 Å². The van der Waals surface area contributed by atoms with Gasteiger partial charge in [-0.05, 0) is 47.3 Å². The minimum Gasteiger partial charge on any atom is -0.490 e. The molecule has 0 heterocycles. The van der Waals surface area contributed by atoms with E-state index >= 15 is 0 Å². The van der Waals surface area contributed by atoms with E-state index in [4.69, 9.17) is 4.74 Å². The van der Waals surface area contributed by atoms with Crippen molar-refractivity contribution in [2.24, 2.45) is 0 Å². The zero-order chi connectivity index (χ0) is 10.8. The number of hydrogen-bond acceptors (Lipinski definition) is 2. The zero-order valence-electron chi connectivity index (χ0n) is 8.00. The van der Waals surface area contributed by atoms with E-state index < -0.39 is 5.82 Å². The number of ether oxygens (including phenoxy) is 1. The van der Waals surface area contributed by atoms with E-state index in [9.17, 15) is 9.18 Å². The Morgan fingerprint density at radius 3 is 2.73 bits per heavy atom. The van der Waals surface area contributed by atoms with Gasteiger partial charge in [-0.2, -0.15) is 0 Å². The standard InChI is InChI=1S/C11H10BrFO2/c12-10-5-9(15-8-2-1-3-8)4-7(6-14)11(10)13/h4-6,8H,1-3H2. The average molecular weight is 273 g/mol. The predicted octanol–water partition coefficient (Wildman–Crippen LogP) is 3.33. The van der Waals surface area contributed by atoms with Gasteiger partial charge in [-0.3, -0.25) is 4.79 Å². The van der Waals surface area contributed by atoms with E-state index in [2.05, 4.69) is 15.9 Å². The van der Waals surface area contributed by atoms with E-state index in [0.29, 0.717) is 12.0 Å². The number of hydrogen-bond donors (Lipinski definition) is 0. The number of rotatable bonds is 3. The van der Waals surface area contributed by atoms with E-state index in [1.54, 1.807) is 6.07 Å². The van der Waals surface area contributed by atoms with Gasteiger partial charge >= 0.3 is 0 Å². The molecule has 0 aliphatic heterocycles. The fraction of sp³-hybridized carbons (Fsp3) is 0.364. The van der Waals surface area contributed by atoms with E-state index in [1.165, 1.54) is 12.5 Å². The Kier molecular flexibility index (Phi) is 3.05. The predicted molar refractivity (Wildman–Crippen MR) is 57.8 cm³/mol. The molecule has 2 nitrogen and oxygen atoms in total. The van der Waals surface area contributed by atoms with Crippen LogP contribution in [-0.2, 0) is 0 Å². The summed E-state index contributed by atoms with van der Waals surface area (Å²) in [5.74, 6) is 0.0148. The Morgan fingerprint density at radius 1 is 1.47 bits per heavy atom. The summed E-state index contributed by atoms with van der Waals surface area (Å²) in [4.78, 5) is 10.6. The third-order valence-electron chi connectivity index (χ3n) is 2.51. The Balaban J connectivity index is 2.23. The smallest absolute Gasteiger partial charge is 0.153 e. The van der Waals surface area contributed by atoms with Gasteiger partial charge in [-0.1, -0.05) is 0 Å². The summed E-state index contributed by atoms with van der Waals surface area (Å²) in [5.41, 5.74) is 0.0266. The SMILES string of the molecule is O=Cc1cc(OC2CCC2)cc(Br)c1F. The van der Waals surface area contributed by atoms with Crippen LogP contribution in [0.2, 0.25) is 0 Å². The van der Waals surface area contributed by atoms with Gasteiger partial charge in [0.15, 0.2) is 6.29 Å². The van der Waals surface area contributed by atoms with Crippen LogP contribution in [0.1, 0.15) is 29.6 Å². The van der Waals surface area contributed by atoms with Gasteiger partial charge < -0.3 is 4.74 Å². The second kappa shape index (κ2) is 4.31. The van der Waals surface area contributed by atoms with Crippen molar-refractivity contribution in [3.05, 3.63) is 28.0 Å². The van der Waals surface area contributed by atoms with Gasteiger partial charge in [-0.15, -0.1) is 0 Å². The quantitative estimate of drug-likeness (QED) is 0.789. The van der Waals surface area contributed by atoms with Crippen molar-refractivity contribution in [3.63, 3.8) is 0 Å². The lowest BCUT2D eigenvalue weighted by Crippen LogP contribution is -2.24. The van der Waals surface area contributed by atoms with Crippen LogP contribution in [0.4, 0.5) is 4.39 Å². The molecule has 0 saturated heterocycles. The molecule has 0 N–H and O–H groups in total. The monoisotopic (exact) mass is 272 g/mol. The first-order chi connectivity index (χ1) is 7.20. The third kappa shape index (κ3) is 2.20. The molecular weight excluding hydrogens is 263 g/mol.